The third-order valence-electron chi connectivity index (χ3n) is 5.09. The minimum Gasteiger partial charge on any atom is -0.504 e. The number of hydrogen-bond donors (Lipinski definition) is 2. The van der Waals surface area contributed by atoms with E-state index in [1.807, 2.05) is 23.5 Å². The maximum Gasteiger partial charge on any atom is 0.160 e. The molecule has 0 amide bonds. The Hall–Kier alpha value is -1.60. The smallest absolute Gasteiger partial charge is 0.160 e. The molecule has 3 heterocycles. The minimum atomic E-state index is 0.0602. The normalized spacial score (nSPS) is 19.2. The molecule has 5 nitrogen and oxygen atoms in total. The highest BCUT2D eigenvalue weighted by Crippen LogP contribution is 2.43. The van der Waals surface area contributed by atoms with Crippen LogP contribution < -0.4 is 4.74 Å². The maximum absolute atomic E-state index is 10.2. The lowest BCUT2D eigenvalue weighted by molar-refractivity contribution is 0.0830. The number of aromatic hydroxyl groups is 1. The number of hydrogen-bond acceptors (Lipinski definition) is 6. The Morgan fingerprint density at radius 2 is 2.16 bits per heavy atom. The Balaban J connectivity index is 1.59. The number of phenols is 1. The summed E-state index contributed by atoms with van der Waals surface area (Å²) in [6, 6.07) is 6.43. The summed E-state index contributed by atoms with van der Waals surface area (Å²) in [5.41, 5.74) is 3.90. The van der Waals surface area contributed by atoms with Crippen LogP contribution in [-0.4, -0.2) is 42.0 Å². The molecule has 1 aromatic carbocycles. The van der Waals surface area contributed by atoms with Crippen LogP contribution in [0, 0.1) is 0 Å². The second kappa shape index (κ2) is 6.96. The first-order valence-corrected chi connectivity index (χ1v) is 9.44. The van der Waals surface area contributed by atoms with E-state index in [9.17, 15) is 5.11 Å². The van der Waals surface area contributed by atoms with Crippen LogP contribution in [0.3, 0.4) is 0 Å². The van der Waals surface area contributed by atoms with Crippen molar-refractivity contribution in [3.05, 3.63) is 44.6 Å². The molecule has 1 aromatic heterocycles. The van der Waals surface area contributed by atoms with E-state index < -0.39 is 0 Å². The van der Waals surface area contributed by atoms with Crippen molar-refractivity contribution in [3.8, 4) is 11.5 Å². The number of benzene rings is 1. The standard InChI is InChI=1S/C19H23NO4S/c1-23-18-7-12-2-3-20-10-13-6-14(11-24-5-4-21)25-19(13)9-16(20)15(12)8-17(18)22/h6-8,16,21-22H,2-5,9-11H2,1H3. The van der Waals surface area contributed by atoms with Gasteiger partial charge < -0.3 is 19.7 Å². The summed E-state index contributed by atoms with van der Waals surface area (Å²) in [4.78, 5) is 5.13. The molecule has 4 rings (SSSR count). The molecule has 25 heavy (non-hydrogen) atoms. The highest BCUT2D eigenvalue weighted by Gasteiger charge is 2.33. The van der Waals surface area contributed by atoms with E-state index in [0.717, 1.165) is 25.9 Å². The van der Waals surface area contributed by atoms with Crippen molar-refractivity contribution in [2.45, 2.75) is 32.0 Å². The van der Waals surface area contributed by atoms with E-state index in [1.165, 1.54) is 26.4 Å². The van der Waals surface area contributed by atoms with E-state index in [4.69, 9.17) is 14.6 Å². The maximum atomic E-state index is 10.2. The van der Waals surface area contributed by atoms with Gasteiger partial charge in [0, 0.05) is 35.3 Å². The summed E-state index contributed by atoms with van der Waals surface area (Å²) in [7, 11) is 1.59. The highest BCUT2D eigenvalue weighted by molar-refractivity contribution is 7.12. The topological polar surface area (TPSA) is 62.2 Å². The van der Waals surface area contributed by atoms with Crippen LogP contribution in [0.5, 0.6) is 11.5 Å². The molecule has 0 saturated carbocycles. The molecular formula is C19H23NO4S. The molecule has 2 N–H and O–H groups in total. The van der Waals surface area contributed by atoms with Crippen molar-refractivity contribution in [1.29, 1.82) is 0 Å². The second-order valence-electron chi connectivity index (χ2n) is 6.60. The average Bonchev–Trinajstić information content (AvgIpc) is 3.01. The Labute approximate surface area is 151 Å². The Morgan fingerprint density at radius 3 is 2.96 bits per heavy atom. The van der Waals surface area contributed by atoms with Crippen molar-refractivity contribution in [1.82, 2.24) is 4.90 Å². The lowest BCUT2D eigenvalue weighted by Gasteiger charge is -2.40. The van der Waals surface area contributed by atoms with Crippen LogP contribution in [0.15, 0.2) is 18.2 Å². The molecule has 2 aliphatic heterocycles. The van der Waals surface area contributed by atoms with Gasteiger partial charge in [0.2, 0.25) is 0 Å². The predicted octanol–water partition coefficient (Wildman–Crippen LogP) is 2.63. The molecule has 0 bridgehead atoms. The average molecular weight is 361 g/mol. The zero-order chi connectivity index (χ0) is 17.4. The number of fused-ring (bicyclic) bond motifs is 4. The van der Waals surface area contributed by atoms with E-state index in [-0.39, 0.29) is 12.4 Å². The molecule has 2 aromatic rings. The predicted molar refractivity (Wildman–Crippen MR) is 96.3 cm³/mol. The molecule has 1 unspecified atom stereocenters. The second-order valence-corrected chi connectivity index (χ2v) is 7.82. The summed E-state index contributed by atoms with van der Waals surface area (Å²) in [6.45, 7) is 2.98. The Bertz CT molecular complexity index is 773. The largest absolute Gasteiger partial charge is 0.504 e. The number of phenolic OH excluding ortho intramolecular Hbond substituents is 1. The molecule has 134 valence electrons. The number of thiophene rings is 1. The Kier molecular flexibility index (Phi) is 4.69. The molecule has 1 atom stereocenters. The van der Waals surface area contributed by atoms with E-state index in [2.05, 4.69) is 11.0 Å². The van der Waals surface area contributed by atoms with Crippen LogP contribution in [0.4, 0.5) is 0 Å². The van der Waals surface area contributed by atoms with Gasteiger partial charge in [-0.1, -0.05) is 0 Å². The van der Waals surface area contributed by atoms with E-state index in [0.29, 0.717) is 25.0 Å². The van der Waals surface area contributed by atoms with Crippen molar-refractivity contribution in [2.75, 3.05) is 26.9 Å². The summed E-state index contributed by atoms with van der Waals surface area (Å²) >= 11 is 1.81. The molecule has 0 aliphatic carbocycles. The number of nitrogens with zero attached hydrogens (tertiary/aromatic N) is 1. The van der Waals surface area contributed by atoms with Crippen molar-refractivity contribution >= 4 is 11.3 Å². The van der Waals surface area contributed by atoms with Gasteiger partial charge in [-0.25, -0.2) is 0 Å². The van der Waals surface area contributed by atoms with Crippen LogP contribution in [0.2, 0.25) is 0 Å². The third kappa shape index (κ3) is 3.15. The van der Waals surface area contributed by atoms with Crippen LogP contribution in [0.25, 0.3) is 0 Å². The molecule has 0 fully saturated rings. The first-order chi connectivity index (χ1) is 12.2. The van der Waals surface area contributed by atoms with Crippen molar-refractivity contribution in [3.63, 3.8) is 0 Å². The number of rotatable bonds is 5. The molecule has 0 radical (unpaired) electrons. The summed E-state index contributed by atoms with van der Waals surface area (Å²) < 4.78 is 10.7. The van der Waals surface area contributed by atoms with Crippen molar-refractivity contribution in [2.24, 2.45) is 0 Å². The number of methoxy groups -OCH3 is 1. The van der Waals surface area contributed by atoms with Gasteiger partial charge in [-0.3, -0.25) is 4.90 Å². The van der Waals surface area contributed by atoms with Crippen LogP contribution in [-0.2, 0) is 30.7 Å². The van der Waals surface area contributed by atoms with Gasteiger partial charge >= 0.3 is 0 Å². The molecular weight excluding hydrogens is 338 g/mol. The summed E-state index contributed by atoms with van der Waals surface area (Å²) in [5.74, 6) is 0.779. The molecule has 0 saturated heterocycles. The van der Waals surface area contributed by atoms with Crippen molar-refractivity contribution < 1.29 is 19.7 Å². The number of ether oxygens (including phenoxy) is 2. The number of aliphatic hydroxyl groups excluding tert-OH is 1. The summed E-state index contributed by atoms with van der Waals surface area (Å²) in [5, 5.41) is 19.0. The van der Waals surface area contributed by atoms with Crippen LogP contribution >= 0.6 is 11.3 Å². The quantitative estimate of drug-likeness (QED) is 0.802. The van der Waals surface area contributed by atoms with E-state index >= 15 is 0 Å². The lowest BCUT2D eigenvalue weighted by atomic mass is 9.86. The number of aliphatic hydroxyl groups is 1. The monoisotopic (exact) mass is 361 g/mol. The van der Waals surface area contributed by atoms with Gasteiger partial charge in [0.25, 0.3) is 0 Å². The highest BCUT2D eigenvalue weighted by atomic mass is 32.1. The van der Waals surface area contributed by atoms with E-state index in [1.54, 1.807) is 7.11 Å². The zero-order valence-corrected chi connectivity index (χ0v) is 15.1. The van der Waals surface area contributed by atoms with Crippen LogP contribution in [0.1, 0.15) is 32.5 Å². The zero-order valence-electron chi connectivity index (χ0n) is 14.3. The van der Waals surface area contributed by atoms with Gasteiger partial charge in [0.15, 0.2) is 11.5 Å². The SMILES string of the molecule is COc1cc2c(cc1O)C1Cc3sc(COCCO)cc3CN1CC2. The van der Waals surface area contributed by atoms with Gasteiger partial charge in [0.1, 0.15) is 0 Å². The Morgan fingerprint density at radius 1 is 1.28 bits per heavy atom. The van der Waals surface area contributed by atoms with Gasteiger partial charge in [-0.2, -0.15) is 0 Å². The first-order valence-electron chi connectivity index (χ1n) is 8.62. The fourth-order valence-corrected chi connectivity index (χ4v) is 5.05. The third-order valence-corrected chi connectivity index (χ3v) is 6.26. The molecule has 0 spiro atoms. The minimum absolute atomic E-state index is 0.0602. The fourth-order valence-electron chi connectivity index (χ4n) is 3.90. The summed E-state index contributed by atoms with van der Waals surface area (Å²) in [6.07, 6.45) is 1.95. The fraction of sp³-hybridized carbons (Fsp3) is 0.474. The lowest BCUT2D eigenvalue weighted by Crippen LogP contribution is -2.38. The first kappa shape index (κ1) is 16.8. The van der Waals surface area contributed by atoms with Gasteiger partial charge in [0.05, 0.1) is 26.9 Å². The molecule has 6 heteroatoms. The van der Waals surface area contributed by atoms with Gasteiger partial charge in [-0.15, -0.1) is 11.3 Å². The molecule has 2 aliphatic rings. The van der Waals surface area contributed by atoms with Gasteiger partial charge in [-0.05, 0) is 41.3 Å².